The van der Waals surface area contributed by atoms with E-state index in [4.69, 9.17) is 19.3 Å². The molecule has 2 N–H and O–H groups in total. The van der Waals surface area contributed by atoms with Crippen LogP contribution in [-0.2, 0) is 20.6 Å². The van der Waals surface area contributed by atoms with Gasteiger partial charge in [0.25, 0.3) is 0 Å². The fourth-order valence-electron chi connectivity index (χ4n) is 3.90. The third-order valence-electron chi connectivity index (χ3n) is 5.67. The van der Waals surface area contributed by atoms with Crippen molar-refractivity contribution in [3.8, 4) is 5.69 Å². The quantitative estimate of drug-likeness (QED) is 0.594. The number of methoxy groups -OCH3 is 2. The number of ether oxygens (including phenoxy) is 3. The molecule has 11 heteroatoms. The third-order valence-corrected chi connectivity index (χ3v) is 5.67. The van der Waals surface area contributed by atoms with E-state index in [9.17, 15) is 14.0 Å². The molecule has 0 aliphatic carbocycles. The van der Waals surface area contributed by atoms with Crippen LogP contribution in [0.15, 0.2) is 18.2 Å². The second-order valence-corrected chi connectivity index (χ2v) is 9.39. The first-order chi connectivity index (χ1) is 16.4. The van der Waals surface area contributed by atoms with Gasteiger partial charge in [0.2, 0.25) is 0 Å². The first-order valence-corrected chi connectivity index (χ1v) is 11.4. The van der Waals surface area contributed by atoms with Crippen molar-refractivity contribution in [3.05, 3.63) is 40.8 Å². The van der Waals surface area contributed by atoms with Crippen LogP contribution in [-0.4, -0.2) is 66.0 Å². The normalized spacial score (nSPS) is 15.7. The van der Waals surface area contributed by atoms with Crippen LogP contribution in [0, 0.1) is 12.7 Å². The zero-order valence-corrected chi connectivity index (χ0v) is 21.3. The number of aryl methyl sites for hydroxylation is 1. The van der Waals surface area contributed by atoms with Gasteiger partial charge in [-0.3, -0.25) is 5.32 Å². The largest absolute Gasteiger partial charge is 0.444 e. The summed E-state index contributed by atoms with van der Waals surface area (Å²) in [6.45, 7) is 9.48. The number of carbonyl (C=O) groups is 2. The van der Waals surface area contributed by atoms with Crippen LogP contribution >= 0.6 is 0 Å². The highest BCUT2D eigenvalue weighted by molar-refractivity contribution is 5.90. The summed E-state index contributed by atoms with van der Waals surface area (Å²) in [7, 11) is 2.95. The number of aromatic nitrogens is 2. The monoisotopic (exact) mass is 491 g/mol. The molecular weight excluding hydrogens is 457 g/mol. The molecule has 1 aromatic carbocycles. The lowest BCUT2D eigenvalue weighted by Crippen LogP contribution is -2.42. The van der Waals surface area contributed by atoms with Crippen molar-refractivity contribution >= 4 is 17.9 Å². The van der Waals surface area contributed by atoms with Gasteiger partial charge in [0.15, 0.2) is 6.29 Å². The number of amides is 3. The lowest BCUT2D eigenvalue weighted by Gasteiger charge is -2.34. The highest BCUT2D eigenvalue weighted by Gasteiger charge is 2.36. The van der Waals surface area contributed by atoms with E-state index < -0.39 is 30.1 Å². The molecule has 1 aliphatic rings. The summed E-state index contributed by atoms with van der Waals surface area (Å²) in [6.07, 6.45) is -0.585. The molecule has 0 saturated heterocycles. The summed E-state index contributed by atoms with van der Waals surface area (Å²) in [5, 5.41) is 10.3. The summed E-state index contributed by atoms with van der Waals surface area (Å²) in [5.74, 6) is 0.0446. The van der Waals surface area contributed by atoms with Gasteiger partial charge in [0.05, 0.1) is 24.0 Å². The predicted octanol–water partition coefficient (Wildman–Crippen LogP) is 3.91. The highest BCUT2D eigenvalue weighted by Crippen LogP contribution is 2.37. The van der Waals surface area contributed by atoms with Crippen molar-refractivity contribution in [1.29, 1.82) is 0 Å². The van der Waals surface area contributed by atoms with Gasteiger partial charge in [-0.2, -0.15) is 5.10 Å². The molecule has 1 aromatic heterocycles. The predicted molar refractivity (Wildman–Crippen MR) is 128 cm³/mol. The topological polar surface area (TPSA) is 107 Å². The number of hydrogen-bond donors (Lipinski definition) is 2. The summed E-state index contributed by atoms with van der Waals surface area (Å²) < 4.78 is 31.3. The summed E-state index contributed by atoms with van der Waals surface area (Å²) in [6, 6.07) is 3.66. The SMILES string of the molecule is COC(CNC(=O)Nc1c2c(nn1-c1ccc(F)c(C)c1)CCN(C(=O)OC(C)(C)C)[C@H]2C)OC. The number of carbonyl (C=O) groups excluding carboxylic acids is 2. The van der Waals surface area contributed by atoms with Crippen LogP contribution in [0.1, 0.15) is 50.6 Å². The number of anilines is 1. The second-order valence-electron chi connectivity index (χ2n) is 9.39. The van der Waals surface area contributed by atoms with Crippen molar-refractivity contribution in [2.24, 2.45) is 0 Å². The molecule has 2 heterocycles. The Morgan fingerprint density at radius 1 is 1.26 bits per heavy atom. The van der Waals surface area contributed by atoms with Crippen molar-refractivity contribution in [3.63, 3.8) is 0 Å². The van der Waals surface area contributed by atoms with Gasteiger partial charge < -0.3 is 24.4 Å². The Morgan fingerprint density at radius 2 is 1.94 bits per heavy atom. The van der Waals surface area contributed by atoms with E-state index in [1.807, 2.05) is 27.7 Å². The average molecular weight is 492 g/mol. The minimum Gasteiger partial charge on any atom is -0.444 e. The molecule has 192 valence electrons. The van der Waals surface area contributed by atoms with Gasteiger partial charge in [-0.05, 0) is 58.4 Å². The standard InChI is InChI=1S/C24H34FN5O5/c1-14-12-16(8-9-17(14)25)30-21(27-22(31)26-13-19(33-6)34-7)20-15(2)29(11-10-18(20)28-30)23(32)35-24(3,4)5/h8-9,12,15,19H,10-11,13H2,1-7H3,(H2,26,27,31)/t15-/m0/s1. The van der Waals surface area contributed by atoms with Gasteiger partial charge in [-0.1, -0.05) is 0 Å². The Kier molecular flexibility index (Phi) is 8.01. The maximum Gasteiger partial charge on any atom is 0.410 e. The minimum absolute atomic E-state index is 0.115. The smallest absolute Gasteiger partial charge is 0.410 e. The van der Waals surface area contributed by atoms with Gasteiger partial charge in [-0.15, -0.1) is 0 Å². The molecule has 3 rings (SSSR count). The molecule has 0 fully saturated rings. The molecule has 35 heavy (non-hydrogen) atoms. The van der Waals surface area contributed by atoms with E-state index in [2.05, 4.69) is 10.6 Å². The summed E-state index contributed by atoms with van der Waals surface area (Å²) in [5.41, 5.74) is 1.80. The van der Waals surface area contributed by atoms with Crippen molar-refractivity contribution in [2.45, 2.75) is 59.0 Å². The summed E-state index contributed by atoms with van der Waals surface area (Å²) >= 11 is 0. The van der Waals surface area contributed by atoms with Crippen LogP contribution in [0.5, 0.6) is 0 Å². The lowest BCUT2D eigenvalue weighted by molar-refractivity contribution is -0.0970. The van der Waals surface area contributed by atoms with Crippen LogP contribution in [0.4, 0.5) is 19.8 Å². The van der Waals surface area contributed by atoms with Crippen LogP contribution in [0.2, 0.25) is 0 Å². The Hall–Kier alpha value is -3.18. The lowest BCUT2D eigenvalue weighted by atomic mass is 10.00. The van der Waals surface area contributed by atoms with Crippen molar-refractivity contribution < 1.29 is 28.2 Å². The van der Waals surface area contributed by atoms with E-state index in [0.717, 1.165) is 5.69 Å². The fraction of sp³-hybridized carbons (Fsp3) is 0.542. The Labute approximate surface area is 204 Å². The van der Waals surface area contributed by atoms with Crippen LogP contribution in [0.25, 0.3) is 5.69 Å². The van der Waals surface area contributed by atoms with E-state index >= 15 is 0 Å². The first-order valence-electron chi connectivity index (χ1n) is 11.4. The Balaban J connectivity index is 1.99. The molecule has 0 spiro atoms. The first kappa shape index (κ1) is 26.4. The summed E-state index contributed by atoms with van der Waals surface area (Å²) in [4.78, 5) is 27.3. The highest BCUT2D eigenvalue weighted by atomic mass is 19.1. The third kappa shape index (κ3) is 6.09. The Morgan fingerprint density at radius 3 is 2.54 bits per heavy atom. The molecule has 0 unspecified atom stereocenters. The number of benzene rings is 1. The molecular formula is C24H34FN5O5. The van der Waals surface area contributed by atoms with E-state index in [0.29, 0.717) is 35.6 Å². The molecule has 1 aliphatic heterocycles. The Bertz CT molecular complexity index is 1080. The maximum absolute atomic E-state index is 13.9. The number of nitrogens with one attached hydrogen (secondary N) is 2. The number of hydrogen-bond acceptors (Lipinski definition) is 6. The number of urea groups is 1. The number of halogens is 1. The van der Waals surface area contributed by atoms with Gasteiger partial charge in [-0.25, -0.2) is 18.7 Å². The molecule has 10 nitrogen and oxygen atoms in total. The zero-order valence-electron chi connectivity index (χ0n) is 21.3. The maximum atomic E-state index is 13.9. The fourth-order valence-corrected chi connectivity index (χ4v) is 3.90. The van der Waals surface area contributed by atoms with Crippen LogP contribution in [0.3, 0.4) is 0 Å². The average Bonchev–Trinajstić information content (AvgIpc) is 3.14. The number of fused-ring (bicyclic) bond motifs is 1. The second kappa shape index (κ2) is 10.6. The molecule has 3 amide bonds. The number of nitrogens with zero attached hydrogens (tertiary/aromatic N) is 3. The molecule has 0 radical (unpaired) electrons. The molecule has 0 saturated carbocycles. The van der Waals surface area contributed by atoms with E-state index in [-0.39, 0.29) is 12.4 Å². The number of rotatable bonds is 6. The van der Waals surface area contributed by atoms with Crippen LogP contribution < -0.4 is 10.6 Å². The van der Waals surface area contributed by atoms with E-state index in [1.165, 1.54) is 20.3 Å². The zero-order chi connectivity index (χ0) is 25.9. The van der Waals surface area contributed by atoms with Gasteiger partial charge in [0.1, 0.15) is 17.2 Å². The molecule has 2 aromatic rings. The van der Waals surface area contributed by atoms with Gasteiger partial charge in [0, 0.05) is 32.7 Å². The van der Waals surface area contributed by atoms with E-state index in [1.54, 1.807) is 28.6 Å². The molecule has 0 bridgehead atoms. The van der Waals surface area contributed by atoms with Crippen molar-refractivity contribution in [1.82, 2.24) is 20.0 Å². The van der Waals surface area contributed by atoms with Crippen molar-refractivity contribution in [2.75, 3.05) is 32.6 Å². The van der Waals surface area contributed by atoms with Gasteiger partial charge >= 0.3 is 12.1 Å². The minimum atomic E-state index is -0.646. The molecule has 1 atom stereocenters.